The number of carbonyl (C=O) groups is 1. The lowest BCUT2D eigenvalue weighted by molar-refractivity contribution is 0.0731. The minimum absolute atomic E-state index is 0.235. The first-order chi connectivity index (χ1) is 15.0. The van der Waals surface area contributed by atoms with E-state index < -0.39 is 10.0 Å². The van der Waals surface area contributed by atoms with Gasteiger partial charge >= 0.3 is 0 Å². The first-order valence-electron chi connectivity index (χ1n) is 9.71. The highest BCUT2D eigenvalue weighted by Crippen LogP contribution is 2.32. The number of nitrogens with zero attached hydrogens (tertiary/aromatic N) is 1. The molecule has 0 bridgehead atoms. The first-order valence-corrected chi connectivity index (χ1v) is 12.0. The van der Waals surface area contributed by atoms with Crippen molar-refractivity contribution in [2.45, 2.75) is 4.21 Å². The fraction of sp³-hybridized carbons (Fsp3) is 0.227. The summed E-state index contributed by atoms with van der Waals surface area (Å²) < 4.78 is 37.8. The topological polar surface area (TPSA) is 84.9 Å². The van der Waals surface area contributed by atoms with Crippen LogP contribution in [0.4, 0.5) is 5.69 Å². The van der Waals surface area contributed by atoms with Gasteiger partial charge in [0.1, 0.15) is 9.96 Å². The number of anilines is 1. The van der Waals surface area contributed by atoms with Gasteiger partial charge in [0.25, 0.3) is 15.9 Å². The van der Waals surface area contributed by atoms with Gasteiger partial charge in [0, 0.05) is 35.3 Å². The van der Waals surface area contributed by atoms with E-state index in [0.717, 1.165) is 10.4 Å². The molecule has 0 aliphatic carbocycles. The molecule has 1 saturated heterocycles. The smallest absolute Gasteiger partial charge is 0.255 e. The summed E-state index contributed by atoms with van der Waals surface area (Å²) in [5.74, 6) is 0.426. The number of hydrogen-bond donors (Lipinski definition) is 1. The lowest BCUT2D eigenvalue weighted by Gasteiger charge is -2.25. The number of ether oxygens (including phenoxy) is 2. The van der Waals surface area contributed by atoms with Crippen LogP contribution in [0.2, 0.25) is 0 Å². The maximum Gasteiger partial charge on any atom is 0.255 e. The van der Waals surface area contributed by atoms with Gasteiger partial charge in [-0.2, -0.15) is 4.31 Å². The van der Waals surface area contributed by atoms with E-state index in [1.54, 1.807) is 55.6 Å². The van der Waals surface area contributed by atoms with E-state index in [2.05, 4.69) is 5.32 Å². The summed E-state index contributed by atoms with van der Waals surface area (Å²) >= 11 is 1.22. The van der Waals surface area contributed by atoms with Crippen LogP contribution in [0.15, 0.2) is 64.9 Å². The molecule has 31 heavy (non-hydrogen) atoms. The number of thiophene rings is 1. The lowest BCUT2D eigenvalue weighted by Crippen LogP contribution is -2.40. The average Bonchev–Trinajstić information content (AvgIpc) is 3.31. The molecule has 0 saturated carbocycles. The second kappa shape index (κ2) is 9.19. The van der Waals surface area contributed by atoms with Crippen molar-refractivity contribution in [2.75, 3.05) is 38.7 Å². The quantitative estimate of drug-likeness (QED) is 0.609. The SMILES string of the molecule is COc1cccc(NC(=O)c2ccc(-c3ccc(S(=O)(=O)N4CCOCC4)s3)cc2)c1. The molecule has 162 valence electrons. The third kappa shape index (κ3) is 4.80. The number of methoxy groups -OCH3 is 1. The zero-order chi connectivity index (χ0) is 21.8. The monoisotopic (exact) mass is 458 g/mol. The molecule has 9 heteroatoms. The van der Waals surface area contributed by atoms with Gasteiger partial charge in [0.2, 0.25) is 0 Å². The Morgan fingerprint density at radius 3 is 2.52 bits per heavy atom. The van der Waals surface area contributed by atoms with Gasteiger partial charge in [0.05, 0.1) is 20.3 Å². The Kier molecular flexibility index (Phi) is 6.38. The molecule has 0 unspecified atom stereocenters. The number of rotatable bonds is 6. The molecule has 1 aliphatic heterocycles. The molecule has 1 fully saturated rings. The highest BCUT2D eigenvalue weighted by atomic mass is 32.2. The van der Waals surface area contributed by atoms with Gasteiger partial charge < -0.3 is 14.8 Å². The Hall–Kier alpha value is -2.72. The van der Waals surface area contributed by atoms with E-state index in [-0.39, 0.29) is 5.91 Å². The third-order valence-corrected chi connectivity index (χ3v) is 8.41. The van der Waals surface area contributed by atoms with Crippen LogP contribution in [0, 0.1) is 0 Å². The number of sulfonamides is 1. The van der Waals surface area contributed by atoms with Gasteiger partial charge in [-0.05, 0) is 42.0 Å². The normalized spacial score (nSPS) is 14.9. The molecule has 1 amide bonds. The van der Waals surface area contributed by atoms with Gasteiger partial charge in [-0.1, -0.05) is 18.2 Å². The fourth-order valence-electron chi connectivity index (χ4n) is 3.22. The molecule has 2 heterocycles. The van der Waals surface area contributed by atoms with Crippen molar-refractivity contribution in [1.29, 1.82) is 0 Å². The Morgan fingerprint density at radius 1 is 1.06 bits per heavy atom. The fourth-order valence-corrected chi connectivity index (χ4v) is 6.09. The second-order valence-electron chi connectivity index (χ2n) is 6.90. The predicted octanol–water partition coefficient (Wildman–Crippen LogP) is 3.70. The van der Waals surface area contributed by atoms with Crippen LogP contribution in [0.1, 0.15) is 10.4 Å². The summed E-state index contributed by atoms with van der Waals surface area (Å²) in [5.41, 5.74) is 2.00. The molecule has 7 nitrogen and oxygen atoms in total. The summed E-state index contributed by atoms with van der Waals surface area (Å²) in [5, 5.41) is 2.84. The van der Waals surface area contributed by atoms with E-state index in [9.17, 15) is 13.2 Å². The molecule has 4 rings (SSSR count). The predicted molar refractivity (Wildman–Crippen MR) is 120 cm³/mol. The molecule has 1 N–H and O–H groups in total. The van der Waals surface area contributed by atoms with Gasteiger partial charge in [0.15, 0.2) is 0 Å². The van der Waals surface area contributed by atoms with Crippen molar-refractivity contribution >= 4 is 33.0 Å². The van der Waals surface area contributed by atoms with Crippen LogP contribution >= 0.6 is 11.3 Å². The minimum atomic E-state index is -3.51. The Balaban J connectivity index is 1.47. The Labute approximate surface area is 185 Å². The number of benzene rings is 2. The van der Waals surface area contributed by atoms with E-state index in [1.807, 2.05) is 12.1 Å². The molecular formula is C22H22N2O5S2. The number of morpholine rings is 1. The molecule has 2 aromatic carbocycles. The summed E-state index contributed by atoms with van der Waals surface area (Å²) in [6, 6.07) is 17.6. The molecule has 1 aromatic heterocycles. The van der Waals surface area contributed by atoms with Crippen LogP contribution < -0.4 is 10.1 Å². The van der Waals surface area contributed by atoms with Gasteiger partial charge in [-0.15, -0.1) is 11.3 Å². The molecular weight excluding hydrogens is 436 g/mol. The number of carbonyl (C=O) groups excluding carboxylic acids is 1. The van der Waals surface area contributed by atoms with Crippen LogP contribution in [0.25, 0.3) is 10.4 Å². The number of hydrogen-bond acceptors (Lipinski definition) is 6. The van der Waals surface area contributed by atoms with Crippen molar-refractivity contribution < 1.29 is 22.7 Å². The molecule has 0 spiro atoms. The zero-order valence-corrected chi connectivity index (χ0v) is 18.5. The summed E-state index contributed by atoms with van der Waals surface area (Å²) in [6.07, 6.45) is 0. The first kappa shape index (κ1) is 21.5. The second-order valence-corrected chi connectivity index (χ2v) is 10.1. The van der Waals surface area contributed by atoms with E-state index in [4.69, 9.17) is 9.47 Å². The Morgan fingerprint density at radius 2 is 1.81 bits per heavy atom. The van der Waals surface area contributed by atoms with Gasteiger partial charge in [-0.3, -0.25) is 4.79 Å². The molecule has 0 atom stereocenters. The summed E-state index contributed by atoms with van der Waals surface area (Å²) in [6.45, 7) is 1.56. The number of amides is 1. The van der Waals surface area contributed by atoms with Crippen molar-refractivity contribution in [3.8, 4) is 16.2 Å². The maximum atomic E-state index is 12.8. The minimum Gasteiger partial charge on any atom is -0.497 e. The van der Waals surface area contributed by atoms with Crippen molar-refractivity contribution in [3.63, 3.8) is 0 Å². The van der Waals surface area contributed by atoms with Gasteiger partial charge in [-0.25, -0.2) is 8.42 Å². The summed E-state index contributed by atoms with van der Waals surface area (Å²) in [4.78, 5) is 13.4. The zero-order valence-electron chi connectivity index (χ0n) is 16.9. The van der Waals surface area contributed by atoms with E-state index >= 15 is 0 Å². The molecule has 3 aromatic rings. The highest BCUT2D eigenvalue weighted by Gasteiger charge is 2.27. The van der Waals surface area contributed by atoms with Crippen molar-refractivity contribution in [2.24, 2.45) is 0 Å². The van der Waals surface area contributed by atoms with Crippen molar-refractivity contribution in [3.05, 3.63) is 66.2 Å². The third-order valence-electron chi connectivity index (χ3n) is 4.90. The standard InChI is InChI=1S/C22H22N2O5S2/c1-28-19-4-2-3-18(15-19)23-22(25)17-7-5-16(6-8-17)20-9-10-21(30-20)31(26,27)24-11-13-29-14-12-24/h2-10,15H,11-14H2,1H3,(H,23,25). The van der Waals surface area contributed by atoms with Crippen molar-refractivity contribution in [1.82, 2.24) is 4.31 Å². The molecule has 1 aliphatic rings. The Bertz CT molecular complexity index is 1170. The summed E-state index contributed by atoms with van der Waals surface area (Å²) in [7, 11) is -1.94. The highest BCUT2D eigenvalue weighted by molar-refractivity contribution is 7.91. The van der Waals surface area contributed by atoms with E-state index in [1.165, 1.54) is 15.6 Å². The maximum absolute atomic E-state index is 12.8. The largest absolute Gasteiger partial charge is 0.497 e. The van der Waals surface area contributed by atoms with Crippen LogP contribution in [0.3, 0.4) is 0 Å². The number of nitrogens with one attached hydrogen (secondary N) is 1. The lowest BCUT2D eigenvalue weighted by atomic mass is 10.1. The van der Waals surface area contributed by atoms with Crippen LogP contribution in [-0.2, 0) is 14.8 Å². The van der Waals surface area contributed by atoms with Crippen LogP contribution in [-0.4, -0.2) is 52.0 Å². The van der Waals surface area contributed by atoms with E-state index in [0.29, 0.717) is 47.5 Å². The molecule has 0 radical (unpaired) electrons. The average molecular weight is 459 g/mol. The van der Waals surface area contributed by atoms with Crippen LogP contribution in [0.5, 0.6) is 5.75 Å².